The molecule has 0 unspecified atom stereocenters. The molecule has 2 atom stereocenters. The summed E-state index contributed by atoms with van der Waals surface area (Å²) in [6, 6.07) is 13.0. The number of halogens is 2. The lowest BCUT2D eigenvalue weighted by molar-refractivity contribution is 0.123. The Kier molecular flexibility index (Phi) is 6.76. The second kappa shape index (κ2) is 9.28. The van der Waals surface area contributed by atoms with Crippen molar-refractivity contribution in [3.05, 3.63) is 65.2 Å². The van der Waals surface area contributed by atoms with Gasteiger partial charge in [0.15, 0.2) is 5.11 Å². The van der Waals surface area contributed by atoms with Crippen LogP contribution in [0, 0.1) is 11.6 Å². The summed E-state index contributed by atoms with van der Waals surface area (Å²) in [5, 5.41) is 3.64. The van der Waals surface area contributed by atoms with Crippen LogP contribution in [-0.4, -0.2) is 41.4 Å². The molecule has 0 aromatic heterocycles. The van der Waals surface area contributed by atoms with E-state index in [2.05, 4.69) is 53.6 Å². The summed E-state index contributed by atoms with van der Waals surface area (Å²) in [6.07, 6.45) is 1.16. The zero-order chi connectivity index (χ0) is 21.0. The van der Waals surface area contributed by atoms with Crippen LogP contribution in [-0.2, 0) is 6.54 Å². The standard InChI is InChI=1S/C21H25F2N5S/c1-14-11-27(12-15(2)28(14)13-16-6-4-3-5-7-16)20-9-18(22)17(8-19(20)23)10-25-26-21(24)29/h3-10,14-15H,11-13H2,1-2H3,(H3,24,26,29)/t14-,15+. The van der Waals surface area contributed by atoms with Crippen molar-refractivity contribution in [3.8, 4) is 0 Å². The quantitative estimate of drug-likeness (QED) is 0.444. The lowest BCUT2D eigenvalue weighted by Gasteiger charge is -2.45. The van der Waals surface area contributed by atoms with E-state index in [1.165, 1.54) is 11.6 Å². The van der Waals surface area contributed by atoms with Crippen LogP contribution in [0.3, 0.4) is 0 Å². The van der Waals surface area contributed by atoms with Crippen LogP contribution in [0.5, 0.6) is 0 Å². The molecule has 5 nitrogen and oxygen atoms in total. The van der Waals surface area contributed by atoms with E-state index in [9.17, 15) is 8.78 Å². The molecule has 0 radical (unpaired) electrons. The molecule has 1 fully saturated rings. The van der Waals surface area contributed by atoms with E-state index in [1.807, 2.05) is 23.1 Å². The molecule has 0 aliphatic carbocycles. The minimum Gasteiger partial charge on any atom is -0.375 e. The van der Waals surface area contributed by atoms with Crippen LogP contribution in [0.1, 0.15) is 25.0 Å². The van der Waals surface area contributed by atoms with Gasteiger partial charge in [-0.3, -0.25) is 10.3 Å². The summed E-state index contributed by atoms with van der Waals surface area (Å²) >= 11 is 4.62. The highest BCUT2D eigenvalue weighted by Gasteiger charge is 2.31. The molecule has 1 aliphatic heterocycles. The summed E-state index contributed by atoms with van der Waals surface area (Å²) in [6.45, 7) is 6.29. The van der Waals surface area contributed by atoms with Gasteiger partial charge in [0.05, 0.1) is 11.9 Å². The average molecular weight is 418 g/mol. The number of nitrogens with two attached hydrogens (primary N) is 1. The topological polar surface area (TPSA) is 56.9 Å². The van der Waals surface area contributed by atoms with Crippen LogP contribution >= 0.6 is 12.2 Å². The van der Waals surface area contributed by atoms with E-state index in [-0.39, 0.29) is 28.4 Å². The Labute approximate surface area is 175 Å². The van der Waals surface area contributed by atoms with E-state index in [4.69, 9.17) is 5.73 Å². The van der Waals surface area contributed by atoms with Crippen molar-refractivity contribution in [2.24, 2.45) is 10.8 Å². The van der Waals surface area contributed by atoms with Crippen LogP contribution in [0.15, 0.2) is 47.6 Å². The number of hydrogen-bond acceptors (Lipinski definition) is 4. The third-order valence-corrected chi connectivity index (χ3v) is 5.19. The molecule has 2 aromatic rings. The lowest BCUT2D eigenvalue weighted by atomic mass is 10.0. The summed E-state index contributed by atoms with van der Waals surface area (Å²) < 4.78 is 29.2. The van der Waals surface area contributed by atoms with Gasteiger partial charge in [0.2, 0.25) is 0 Å². The number of piperazine rings is 1. The van der Waals surface area contributed by atoms with Gasteiger partial charge in [0, 0.05) is 43.3 Å². The smallest absolute Gasteiger partial charge is 0.184 e. The first-order valence-corrected chi connectivity index (χ1v) is 9.88. The minimum absolute atomic E-state index is 0.0267. The van der Waals surface area contributed by atoms with E-state index in [0.29, 0.717) is 13.1 Å². The number of hydrazone groups is 1. The predicted octanol–water partition coefficient (Wildman–Crippen LogP) is 3.23. The molecular weight excluding hydrogens is 392 g/mol. The van der Waals surface area contributed by atoms with Crippen molar-refractivity contribution in [3.63, 3.8) is 0 Å². The van der Waals surface area contributed by atoms with Gasteiger partial charge in [0.1, 0.15) is 11.6 Å². The van der Waals surface area contributed by atoms with Crippen LogP contribution < -0.4 is 16.1 Å². The first-order valence-electron chi connectivity index (χ1n) is 9.47. The fraction of sp³-hybridized carbons (Fsp3) is 0.333. The van der Waals surface area contributed by atoms with Gasteiger partial charge in [0.25, 0.3) is 0 Å². The number of anilines is 1. The number of hydrogen-bond donors (Lipinski definition) is 2. The summed E-state index contributed by atoms with van der Waals surface area (Å²) in [7, 11) is 0. The van der Waals surface area contributed by atoms with Gasteiger partial charge in [-0.15, -0.1) is 0 Å². The zero-order valence-corrected chi connectivity index (χ0v) is 17.3. The first kappa shape index (κ1) is 21.1. The number of nitrogens with zero attached hydrogens (tertiary/aromatic N) is 3. The van der Waals surface area contributed by atoms with Crippen LogP contribution in [0.4, 0.5) is 14.5 Å². The Hall–Kier alpha value is -2.58. The molecule has 0 spiro atoms. The van der Waals surface area contributed by atoms with Crippen molar-refractivity contribution in [1.29, 1.82) is 0 Å². The molecule has 0 amide bonds. The molecule has 1 aliphatic rings. The third kappa shape index (κ3) is 5.27. The van der Waals surface area contributed by atoms with Crippen molar-refractivity contribution in [1.82, 2.24) is 10.3 Å². The van der Waals surface area contributed by atoms with Gasteiger partial charge in [-0.25, -0.2) is 8.78 Å². The van der Waals surface area contributed by atoms with E-state index in [1.54, 1.807) is 0 Å². The molecule has 154 valence electrons. The zero-order valence-electron chi connectivity index (χ0n) is 16.5. The van der Waals surface area contributed by atoms with Crippen LogP contribution in [0.25, 0.3) is 0 Å². The number of thiocarbonyl (C=S) groups is 1. The maximum absolute atomic E-state index is 14.7. The highest BCUT2D eigenvalue weighted by atomic mass is 32.1. The van der Waals surface area contributed by atoms with Crippen molar-refractivity contribution < 1.29 is 8.78 Å². The van der Waals surface area contributed by atoms with Crippen molar-refractivity contribution in [2.75, 3.05) is 18.0 Å². The molecule has 3 rings (SSSR count). The third-order valence-electron chi connectivity index (χ3n) is 5.09. The normalized spacial score (nSPS) is 20.2. The Balaban J connectivity index is 1.74. The Morgan fingerprint density at radius 2 is 1.83 bits per heavy atom. The van der Waals surface area contributed by atoms with Crippen LogP contribution in [0.2, 0.25) is 0 Å². The van der Waals surface area contributed by atoms with E-state index in [0.717, 1.165) is 18.8 Å². The SMILES string of the molecule is C[C@@H]1CN(c2cc(F)c(C=NNC(N)=S)cc2F)C[C@H](C)N1Cc1ccccc1. The van der Waals surface area contributed by atoms with Gasteiger partial charge in [-0.1, -0.05) is 30.3 Å². The van der Waals surface area contributed by atoms with Crippen molar-refractivity contribution >= 4 is 29.2 Å². The maximum atomic E-state index is 14.7. The first-order chi connectivity index (χ1) is 13.8. The van der Waals surface area contributed by atoms with E-state index < -0.39 is 11.6 Å². The Bertz CT molecular complexity index is 878. The molecule has 0 saturated carbocycles. The second-order valence-electron chi connectivity index (χ2n) is 7.32. The van der Waals surface area contributed by atoms with Gasteiger partial charge in [-0.2, -0.15) is 5.10 Å². The summed E-state index contributed by atoms with van der Waals surface area (Å²) in [5.41, 5.74) is 9.12. The highest BCUT2D eigenvalue weighted by molar-refractivity contribution is 7.80. The largest absolute Gasteiger partial charge is 0.375 e. The molecule has 0 bridgehead atoms. The molecule has 3 N–H and O–H groups in total. The number of nitrogens with one attached hydrogen (secondary N) is 1. The van der Waals surface area contributed by atoms with Gasteiger partial charge in [-0.05, 0) is 37.7 Å². The highest BCUT2D eigenvalue weighted by Crippen LogP contribution is 2.28. The Morgan fingerprint density at radius 3 is 2.45 bits per heavy atom. The molecule has 1 heterocycles. The summed E-state index contributed by atoms with van der Waals surface area (Å²) in [5.74, 6) is -1.04. The summed E-state index contributed by atoms with van der Waals surface area (Å²) in [4.78, 5) is 4.30. The van der Waals surface area contributed by atoms with E-state index >= 15 is 0 Å². The number of rotatable bonds is 5. The van der Waals surface area contributed by atoms with Gasteiger partial charge < -0.3 is 10.6 Å². The molecule has 29 heavy (non-hydrogen) atoms. The van der Waals surface area contributed by atoms with Crippen molar-refractivity contribution in [2.45, 2.75) is 32.5 Å². The molecular formula is C21H25F2N5S. The fourth-order valence-electron chi connectivity index (χ4n) is 3.72. The Morgan fingerprint density at radius 1 is 1.17 bits per heavy atom. The maximum Gasteiger partial charge on any atom is 0.184 e. The lowest BCUT2D eigenvalue weighted by Crippen LogP contribution is -2.56. The minimum atomic E-state index is -0.554. The molecule has 1 saturated heterocycles. The predicted molar refractivity (Wildman–Crippen MR) is 117 cm³/mol. The number of benzene rings is 2. The molecule has 2 aromatic carbocycles. The fourth-order valence-corrected chi connectivity index (χ4v) is 3.77. The monoisotopic (exact) mass is 417 g/mol. The van der Waals surface area contributed by atoms with Gasteiger partial charge >= 0.3 is 0 Å². The molecule has 8 heteroatoms. The average Bonchev–Trinajstić information content (AvgIpc) is 2.67. The second-order valence-corrected chi connectivity index (χ2v) is 7.76.